The standard InChI is InChI=1S/C6H9.Sb.2H/c1-3-5-6-4-2;;;/h3,5-6H2,1H3;;;. The molecular weight excluding hydrogens is 194 g/mol. The van der Waals surface area contributed by atoms with Crippen LogP contribution < -0.4 is 0 Å². The van der Waals surface area contributed by atoms with Crippen molar-refractivity contribution in [2.45, 2.75) is 26.2 Å². The van der Waals surface area contributed by atoms with Gasteiger partial charge in [-0.25, -0.2) is 0 Å². The van der Waals surface area contributed by atoms with Gasteiger partial charge in [-0.05, 0) is 0 Å². The van der Waals surface area contributed by atoms with Crippen LogP contribution in [0.5, 0.6) is 0 Å². The van der Waals surface area contributed by atoms with Gasteiger partial charge in [0.1, 0.15) is 0 Å². The molecule has 0 radical (unpaired) electrons. The van der Waals surface area contributed by atoms with E-state index in [2.05, 4.69) is 16.7 Å². The molecule has 0 amide bonds. The van der Waals surface area contributed by atoms with E-state index < -0.39 is 0 Å². The third-order valence-corrected chi connectivity index (χ3v) is 1.34. The van der Waals surface area contributed by atoms with E-state index in [9.17, 15) is 0 Å². The van der Waals surface area contributed by atoms with Crippen molar-refractivity contribution >= 4 is 23.0 Å². The fourth-order valence-corrected chi connectivity index (χ4v) is 0.749. The van der Waals surface area contributed by atoms with Crippen LogP contribution in [-0.2, 0) is 0 Å². The van der Waals surface area contributed by atoms with E-state index in [4.69, 9.17) is 0 Å². The molecular formula is C6H11Sb. The SMILES string of the molecule is CCCCC#[C][SbH2]. The summed E-state index contributed by atoms with van der Waals surface area (Å²) in [5, 5.41) is 0. The van der Waals surface area contributed by atoms with E-state index in [1.165, 1.54) is 12.8 Å². The van der Waals surface area contributed by atoms with Crippen molar-refractivity contribution < 1.29 is 0 Å². The van der Waals surface area contributed by atoms with E-state index >= 15 is 0 Å². The molecule has 0 nitrogen and oxygen atoms in total. The average molecular weight is 205 g/mol. The minimum absolute atomic E-state index is 1.10. The van der Waals surface area contributed by atoms with E-state index in [-0.39, 0.29) is 0 Å². The van der Waals surface area contributed by atoms with E-state index in [0.717, 1.165) is 29.4 Å². The Bertz CT molecular complexity index is 75.9. The van der Waals surface area contributed by atoms with Gasteiger partial charge in [-0.2, -0.15) is 0 Å². The van der Waals surface area contributed by atoms with Gasteiger partial charge in [-0.15, -0.1) is 0 Å². The Morgan fingerprint density at radius 2 is 2.29 bits per heavy atom. The molecule has 0 N–H and O–H groups in total. The van der Waals surface area contributed by atoms with Crippen molar-refractivity contribution in [3.05, 3.63) is 0 Å². The molecule has 0 unspecified atom stereocenters. The van der Waals surface area contributed by atoms with Crippen molar-refractivity contribution in [3.63, 3.8) is 0 Å². The van der Waals surface area contributed by atoms with Gasteiger partial charge in [0.15, 0.2) is 0 Å². The summed E-state index contributed by atoms with van der Waals surface area (Å²) in [7, 11) is 0. The van der Waals surface area contributed by atoms with Gasteiger partial charge in [-0.1, -0.05) is 0 Å². The van der Waals surface area contributed by atoms with Crippen molar-refractivity contribution in [3.8, 4) is 9.79 Å². The average Bonchev–Trinajstić information content (AvgIpc) is 1.69. The maximum atomic E-state index is 3.06. The molecule has 0 spiro atoms. The molecule has 0 atom stereocenters. The summed E-state index contributed by atoms with van der Waals surface area (Å²) in [6, 6.07) is 0. The van der Waals surface area contributed by atoms with Crippen molar-refractivity contribution in [2.75, 3.05) is 0 Å². The Kier molecular flexibility index (Phi) is 6.72. The molecule has 0 aliphatic carbocycles. The van der Waals surface area contributed by atoms with Gasteiger partial charge in [0, 0.05) is 0 Å². The first-order valence-corrected chi connectivity index (χ1v) is 4.25. The first-order chi connectivity index (χ1) is 3.41. The Morgan fingerprint density at radius 3 is 2.71 bits per heavy atom. The van der Waals surface area contributed by atoms with Crippen LogP contribution in [-0.4, -0.2) is 23.0 Å². The van der Waals surface area contributed by atoms with Crippen molar-refractivity contribution in [2.24, 2.45) is 0 Å². The normalized spacial score (nSPS) is 7.14. The Labute approximate surface area is 59.2 Å². The zero-order valence-electron chi connectivity index (χ0n) is 4.70. The molecule has 0 aromatic rings. The predicted molar refractivity (Wildman–Crippen MR) is 35.8 cm³/mol. The molecule has 0 aromatic carbocycles. The fraction of sp³-hybridized carbons (Fsp3) is 0.667. The molecule has 0 fully saturated rings. The zero-order valence-corrected chi connectivity index (χ0v) is 7.99. The van der Waals surface area contributed by atoms with Crippen LogP contribution in [0.4, 0.5) is 0 Å². The molecule has 0 saturated carbocycles. The topological polar surface area (TPSA) is 0 Å². The van der Waals surface area contributed by atoms with Crippen molar-refractivity contribution in [1.29, 1.82) is 0 Å². The molecule has 0 aromatic heterocycles. The Hall–Kier alpha value is 0.378. The summed E-state index contributed by atoms with van der Waals surface area (Å²) in [5.41, 5.74) is 0. The molecule has 0 rings (SSSR count). The van der Waals surface area contributed by atoms with E-state index in [1.54, 1.807) is 0 Å². The summed E-state index contributed by atoms with van der Waals surface area (Å²) >= 11 is 1.10. The monoisotopic (exact) mass is 204 g/mol. The summed E-state index contributed by atoms with van der Waals surface area (Å²) in [5.74, 6) is 3.06. The summed E-state index contributed by atoms with van der Waals surface area (Å²) in [6.45, 7) is 2.19. The van der Waals surface area contributed by atoms with Crippen LogP contribution >= 0.6 is 0 Å². The van der Waals surface area contributed by atoms with Crippen LogP contribution in [0.3, 0.4) is 0 Å². The molecule has 7 heavy (non-hydrogen) atoms. The van der Waals surface area contributed by atoms with Crippen LogP contribution in [0.2, 0.25) is 0 Å². The second-order valence-electron chi connectivity index (χ2n) is 1.42. The van der Waals surface area contributed by atoms with E-state index in [1.807, 2.05) is 0 Å². The fourth-order valence-electron chi connectivity index (χ4n) is 0.337. The Balaban J connectivity index is 2.78. The molecule has 0 heterocycles. The number of rotatable bonds is 2. The molecule has 0 bridgehead atoms. The van der Waals surface area contributed by atoms with Gasteiger partial charge >= 0.3 is 59.0 Å². The summed E-state index contributed by atoms with van der Waals surface area (Å²) in [6.07, 6.45) is 3.65. The van der Waals surface area contributed by atoms with Crippen LogP contribution in [0.25, 0.3) is 0 Å². The quantitative estimate of drug-likeness (QED) is 0.354. The third-order valence-electron chi connectivity index (χ3n) is 0.757. The van der Waals surface area contributed by atoms with E-state index in [0.29, 0.717) is 0 Å². The first-order valence-electron chi connectivity index (χ1n) is 2.60. The van der Waals surface area contributed by atoms with Gasteiger partial charge in [0.2, 0.25) is 0 Å². The van der Waals surface area contributed by atoms with Crippen LogP contribution in [0.15, 0.2) is 0 Å². The minimum atomic E-state index is 1.10. The zero-order chi connectivity index (χ0) is 5.54. The molecule has 1 heteroatoms. The van der Waals surface area contributed by atoms with Gasteiger partial charge in [0.25, 0.3) is 0 Å². The van der Waals surface area contributed by atoms with Crippen LogP contribution in [0, 0.1) is 9.79 Å². The molecule has 0 aliphatic heterocycles. The van der Waals surface area contributed by atoms with Gasteiger partial charge < -0.3 is 0 Å². The molecule has 0 aliphatic rings. The van der Waals surface area contributed by atoms with Gasteiger partial charge in [-0.3, -0.25) is 0 Å². The first kappa shape index (κ1) is 7.38. The Morgan fingerprint density at radius 1 is 1.57 bits per heavy atom. The van der Waals surface area contributed by atoms with Gasteiger partial charge in [0.05, 0.1) is 0 Å². The van der Waals surface area contributed by atoms with Crippen molar-refractivity contribution in [1.82, 2.24) is 0 Å². The van der Waals surface area contributed by atoms with Crippen LogP contribution in [0.1, 0.15) is 26.2 Å². The number of unbranched alkanes of at least 4 members (excludes halogenated alkanes) is 2. The summed E-state index contributed by atoms with van der Waals surface area (Å²) < 4.78 is 2.98. The predicted octanol–water partition coefficient (Wildman–Crippen LogP) is 0.771. The summed E-state index contributed by atoms with van der Waals surface area (Å²) in [4.78, 5) is 0. The third kappa shape index (κ3) is 6.38. The number of hydrogen-bond acceptors (Lipinski definition) is 0. The second kappa shape index (κ2) is 6.38. The molecule has 40 valence electrons. The number of hydrogen-bond donors (Lipinski definition) is 0. The molecule has 0 saturated heterocycles. The second-order valence-corrected chi connectivity index (χ2v) is 2.25. The maximum absolute atomic E-state index is 3.06.